The Morgan fingerprint density at radius 3 is 2.33 bits per heavy atom. The van der Waals surface area contributed by atoms with Gasteiger partial charge in [-0.15, -0.1) is 0 Å². The van der Waals surface area contributed by atoms with Gasteiger partial charge in [0, 0.05) is 5.75 Å². The lowest BCUT2D eigenvalue weighted by molar-refractivity contribution is -0.205. The van der Waals surface area contributed by atoms with Crippen molar-refractivity contribution in [2.45, 2.75) is 36.8 Å². The summed E-state index contributed by atoms with van der Waals surface area (Å²) in [6.07, 6.45) is -4.48. The summed E-state index contributed by atoms with van der Waals surface area (Å²) in [7, 11) is 2.78. The topological polar surface area (TPSA) is 90.2 Å². The van der Waals surface area contributed by atoms with Gasteiger partial charge in [0.05, 0.1) is 6.61 Å². The summed E-state index contributed by atoms with van der Waals surface area (Å²) in [5.41, 5.74) is -0.620. The predicted octanol–water partition coefficient (Wildman–Crippen LogP) is -0.812. The summed E-state index contributed by atoms with van der Waals surface area (Å²) in [6, 6.07) is 0. The molecule has 5 nitrogen and oxygen atoms in total. The van der Waals surface area contributed by atoms with Gasteiger partial charge in [-0.2, -0.15) is 0 Å². The molecule has 0 aliphatic carbocycles. The average Bonchev–Trinajstić information content (AvgIpc) is 2.25. The van der Waals surface area contributed by atoms with Crippen molar-refractivity contribution in [1.29, 1.82) is 0 Å². The largest absolute Gasteiger partial charge is 0.394 e. The fraction of sp³-hybridized carbons (Fsp3) is 1.00. The Bertz CT molecular complexity index is 192. The summed E-state index contributed by atoms with van der Waals surface area (Å²) in [6.45, 7) is 1.58. The molecule has 5 unspecified atom stereocenters. The molecule has 1 heterocycles. The molecule has 0 spiro atoms. The molecule has 4 N–H and O–H groups in total. The van der Waals surface area contributed by atoms with Gasteiger partial charge >= 0.3 is 0 Å². The maximum absolute atomic E-state index is 9.60. The molecule has 0 amide bonds. The van der Waals surface area contributed by atoms with Crippen molar-refractivity contribution in [3.63, 3.8) is 0 Å². The van der Waals surface area contributed by atoms with Gasteiger partial charge in [-0.3, -0.25) is 0 Å². The molecule has 1 fully saturated rings. The Hall–Kier alpha value is 0.500. The van der Waals surface area contributed by atoms with Crippen molar-refractivity contribution < 1.29 is 25.2 Å². The highest BCUT2D eigenvalue weighted by Crippen LogP contribution is 2.35. The number of ether oxygens (including phenoxy) is 1. The van der Waals surface area contributed by atoms with Crippen molar-refractivity contribution in [3.05, 3.63) is 0 Å². The third kappa shape index (κ3) is 3.23. The van der Waals surface area contributed by atoms with E-state index >= 15 is 0 Å². The molecule has 0 aromatic rings. The number of aliphatic hydroxyl groups is 4. The summed E-state index contributed by atoms with van der Waals surface area (Å²) in [5, 5.41) is 37.5. The van der Waals surface area contributed by atoms with E-state index in [-0.39, 0.29) is 6.61 Å². The van der Waals surface area contributed by atoms with E-state index in [1.165, 1.54) is 21.6 Å². The molecule has 0 radical (unpaired) electrons. The number of aliphatic hydroxyl groups excluding tert-OH is 4. The highest BCUT2D eigenvalue weighted by atomic mass is 33.1. The predicted molar refractivity (Wildman–Crippen MR) is 59.5 cm³/mol. The second-order valence-corrected chi connectivity index (χ2v) is 5.95. The van der Waals surface area contributed by atoms with E-state index in [2.05, 4.69) is 0 Å². The lowest BCUT2D eigenvalue weighted by Gasteiger charge is -2.39. The highest BCUT2D eigenvalue weighted by Gasteiger charge is 2.43. The Morgan fingerprint density at radius 1 is 1.13 bits per heavy atom. The molecule has 90 valence electrons. The standard InChI is InChI=1S/C8H16O5S2/c1-2-14-15-8-7(12)6(11)5(10)4(3-9)13-8/h4-12H,2-3H2,1H3. The van der Waals surface area contributed by atoms with Gasteiger partial charge in [-0.25, -0.2) is 0 Å². The first kappa shape index (κ1) is 13.6. The molecule has 0 aromatic carbocycles. The van der Waals surface area contributed by atoms with E-state index in [0.29, 0.717) is 0 Å². The van der Waals surface area contributed by atoms with Crippen molar-refractivity contribution in [3.8, 4) is 0 Å². The lowest BCUT2D eigenvalue weighted by Crippen LogP contribution is -2.57. The summed E-state index contributed by atoms with van der Waals surface area (Å²) in [4.78, 5) is 0. The van der Waals surface area contributed by atoms with Crippen LogP contribution in [0.2, 0.25) is 0 Å². The van der Waals surface area contributed by atoms with Crippen LogP contribution in [0.1, 0.15) is 6.92 Å². The fourth-order valence-corrected chi connectivity index (χ4v) is 3.30. The van der Waals surface area contributed by atoms with Crippen molar-refractivity contribution >= 4 is 21.6 Å². The first-order valence-corrected chi connectivity index (χ1v) is 7.08. The Kier molecular flexibility index (Phi) is 5.69. The van der Waals surface area contributed by atoms with Gasteiger partial charge in [0.2, 0.25) is 0 Å². The molecule has 0 bridgehead atoms. The summed E-state index contributed by atoms with van der Waals surface area (Å²) >= 11 is 0. The zero-order chi connectivity index (χ0) is 11.4. The molecular weight excluding hydrogens is 240 g/mol. The smallest absolute Gasteiger partial charge is 0.142 e. The number of rotatable bonds is 4. The van der Waals surface area contributed by atoms with Crippen LogP contribution in [0.3, 0.4) is 0 Å². The molecule has 0 aromatic heterocycles. The SMILES string of the molecule is CCSSC1OC(CO)C(O)C(O)C1O. The van der Waals surface area contributed by atoms with Crippen molar-refractivity contribution in [2.75, 3.05) is 12.4 Å². The van der Waals surface area contributed by atoms with Crippen molar-refractivity contribution in [2.24, 2.45) is 0 Å². The van der Waals surface area contributed by atoms with E-state index < -0.39 is 29.9 Å². The van der Waals surface area contributed by atoms with E-state index in [1.54, 1.807) is 0 Å². The first-order valence-electron chi connectivity index (χ1n) is 4.70. The van der Waals surface area contributed by atoms with E-state index in [4.69, 9.17) is 9.84 Å². The number of hydrogen-bond donors (Lipinski definition) is 4. The van der Waals surface area contributed by atoms with Crippen LogP contribution in [0, 0.1) is 0 Å². The second-order valence-electron chi connectivity index (χ2n) is 3.20. The van der Waals surface area contributed by atoms with Gasteiger partial charge in [-0.05, 0) is 0 Å². The van der Waals surface area contributed by atoms with E-state index in [0.717, 1.165) is 5.75 Å². The highest BCUT2D eigenvalue weighted by molar-refractivity contribution is 8.76. The molecule has 1 aliphatic heterocycles. The van der Waals surface area contributed by atoms with Crippen LogP contribution < -0.4 is 0 Å². The van der Waals surface area contributed by atoms with Gasteiger partial charge in [0.1, 0.15) is 29.9 Å². The van der Waals surface area contributed by atoms with Crippen LogP contribution in [-0.2, 0) is 4.74 Å². The van der Waals surface area contributed by atoms with Gasteiger partial charge in [0.25, 0.3) is 0 Å². The maximum Gasteiger partial charge on any atom is 0.142 e. The van der Waals surface area contributed by atoms with Crippen LogP contribution in [0.5, 0.6) is 0 Å². The molecule has 1 aliphatic rings. The minimum atomic E-state index is -1.27. The lowest BCUT2D eigenvalue weighted by atomic mass is 10.0. The number of hydrogen-bond acceptors (Lipinski definition) is 7. The van der Waals surface area contributed by atoms with Gasteiger partial charge < -0.3 is 25.2 Å². The van der Waals surface area contributed by atoms with E-state index in [9.17, 15) is 15.3 Å². The second kappa shape index (κ2) is 6.29. The maximum atomic E-state index is 9.60. The van der Waals surface area contributed by atoms with Gasteiger partial charge in [-0.1, -0.05) is 28.5 Å². The third-order valence-electron chi connectivity index (χ3n) is 2.13. The molecule has 5 atom stereocenters. The molecule has 15 heavy (non-hydrogen) atoms. The summed E-state index contributed by atoms with van der Waals surface area (Å²) < 4.78 is 5.26. The fourth-order valence-electron chi connectivity index (χ4n) is 1.28. The first-order chi connectivity index (χ1) is 7.11. The zero-order valence-corrected chi connectivity index (χ0v) is 9.95. The van der Waals surface area contributed by atoms with Gasteiger partial charge in [0.15, 0.2) is 0 Å². The monoisotopic (exact) mass is 256 g/mol. The zero-order valence-electron chi connectivity index (χ0n) is 8.31. The molecule has 7 heteroatoms. The Balaban J connectivity index is 2.57. The normalized spacial score (nSPS) is 41.8. The van der Waals surface area contributed by atoms with E-state index in [1.807, 2.05) is 6.92 Å². The molecule has 1 saturated heterocycles. The minimum Gasteiger partial charge on any atom is -0.394 e. The van der Waals surface area contributed by atoms with Crippen LogP contribution in [0.15, 0.2) is 0 Å². The third-order valence-corrected chi connectivity index (χ3v) is 4.76. The summed E-state index contributed by atoms with van der Waals surface area (Å²) in [5.74, 6) is 0.847. The van der Waals surface area contributed by atoms with Crippen LogP contribution in [-0.4, -0.2) is 62.6 Å². The molecule has 1 rings (SSSR count). The van der Waals surface area contributed by atoms with Crippen LogP contribution in [0.4, 0.5) is 0 Å². The average molecular weight is 256 g/mol. The minimum absolute atomic E-state index is 0.376. The van der Waals surface area contributed by atoms with Crippen LogP contribution >= 0.6 is 21.6 Å². The van der Waals surface area contributed by atoms with Crippen LogP contribution in [0.25, 0.3) is 0 Å². The quantitative estimate of drug-likeness (QED) is 0.489. The molecular formula is C8H16O5S2. The Labute approximate surface area is 96.2 Å². The molecule has 0 saturated carbocycles. The van der Waals surface area contributed by atoms with Crippen molar-refractivity contribution in [1.82, 2.24) is 0 Å². The Morgan fingerprint density at radius 2 is 1.80 bits per heavy atom.